The third kappa shape index (κ3) is 8.16. The molecule has 0 aromatic heterocycles. The first kappa shape index (κ1) is 36.9. The van der Waals surface area contributed by atoms with Crippen molar-refractivity contribution in [2.24, 2.45) is 11.8 Å². The molecule has 0 radical (unpaired) electrons. The van der Waals surface area contributed by atoms with Crippen molar-refractivity contribution >= 4 is 24.4 Å². The molecule has 2 heterocycles. The van der Waals surface area contributed by atoms with Crippen molar-refractivity contribution in [3.8, 4) is 28.7 Å². The molecule has 14 heteroatoms. The molecule has 290 valence electrons. The van der Waals surface area contributed by atoms with Gasteiger partial charge in [-0.15, -0.1) is 0 Å². The van der Waals surface area contributed by atoms with E-state index in [1.165, 1.54) is 12.1 Å². The first-order valence-electron chi connectivity index (χ1n) is 17.9. The van der Waals surface area contributed by atoms with Crippen LogP contribution in [0.25, 0.3) is 0 Å². The largest absolute Gasteiger partial charge is 0.514 e. The fourth-order valence-corrected chi connectivity index (χ4v) is 7.06. The van der Waals surface area contributed by atoms with Gasteiger partial charge in [0.1, 0.15) is 19.8 Å². The third-order valence-electron chi connectivity index (χ3n) is 9.72. The first-order valence-corrected chi connectivity index (χ1v) is 17.9. The number of esters is 1. The van der Waals surface area contributed by atoms with E-state index in [2.05, 4.69) is 0 Å². The van der Waals surface area contributed by atoms with Gasteiger partial charge in [0.15, 0.2) is 23.0 Å². The summed E-state index contributed by atoms with van der Waals surface area (Å²) in [4.78, 5) is 53.4. The summed E-state index contributed by atoms with van der Waals surface area (Å²) in [6.45, 7) is -0.633. The zero-order valence-electron chi connectivity index (χ0n) is 30.1. The molecule has 8 rings (SSSR count). The van der Waals surface area contributed by atoms with Gasteiger partial charge in [-0.3, -0.25) is 4.79 Å². The number of carbonyl (C=O) groups is 4. The maximum absolute atomic E-state index is 13.5. The molecule has 1 aliphatic carbocycles. The van der Waals surface area contributed by atoms with Gasteiger partial charge in [-0.2, -0.15) is 0 Å². The van der Waals surface area contributed by atoms with E-state index in [9.17, 15) is 24.3 Å². The van der Waals surface area contributed by atoms with Crippen molar-refractivity contribution in [3.05, 3.63) is 149 Å². The van der Waals surface area contributed by atoms with Crippen LogP contribution in [0.4, 0.5) is 14.4 Å². The van der Waals surface area contributed by atoms with E-state index >= 15 is 0 Å². The molecular weight excluding hydrogens is 740 g/mol. The van der Waals surface area contributed by atoms with Crippen molar-refractivity contribution < 1.29 is 66.9 Å². The molecule has 0 amide bonds. The van der Waals surface area contributed by atoms with Crippen LogP contribution >= 0.6 is 0 Å². The van der Waals surface area contributed by atoms with Gasteiger partial charge in [0.2, 0.25) is 12.5 Å². The van der Waals surface area contributed by atoms with Gasteiger partial charge in [0.25, 0.3) is 0 Å². The van der Waals surface area contributed by atoms with Crippen molar-refractivity contribution in [1.82, 2.24) is 0 Å². The number of benzene rings is 5. The Kier molecular flexibility index (Phi) is 10.6. The summed E-state index contributed by atoms with van der Waals surface area (Å²) in [5.41, 5.74) is 3.15. The van der Waals surface area contributed by atoms with E-state index < -0.39 is 65.5 Å². The second-order valence-corrected chi connectivity index (χ2v) is 13.3. The SMILES string of the molecule is O=C(OCc1ccccc1)Oc1cc(C2c3cc4c(cc3C(O)C3COC(=O)C23)OCO4)cc(OC(=O)OCc2ccccc2)c1OC(=O)OCc1ccccc1. The van der Waals surface area contributed by atoms with Crippen LogP contribution in [0.1, 0.15) is 45.4 Å². The summed E-state index contributed by atoms with van der Waals surface area (Å²) in [5, 5.41) is 11.5. The Morgan fingerprint density at radius 1 is 0.596 bits per heavy atom. The highest BCUT2D eigenvalue weighted by atomic mass is 16.8. The van der Waals surface area contributed by atoms with Crippen molar-refractivity contribution in [3.63, 3.8) is 0 Å². The second kappa shape index (κ2) is 16.4. The zero-order chi connectivity index (χ0) is 39.3. The molecule has 57 heavy (non-hydrogen) atoms. The van der Waals surface area contributed by atoms with Gasteiger partial charge in [-0.1, -0.05) is 91.0 Å². The number of aliphatic hydroxyl groups excluding tert-OH is 1. The summed E-state index contributed by atoms with van der Waals surface area (Å²) in [5.74, 6) is -3.74. The Hall–Kier alpha value is -7.06. The average Bonchev–Trinajstić information content (AvgIpc) is 3.86. The molecule has 1 saturated heterocycles. The molecule has 2 aliphatic heterocycles. The molecule has 0 spiro atoms. The molecule has 1 N–H and O–H groups in total. The summed E-state index contributed by atoms with van der Waals surface area (Å²) < 4.78 is 49.9. The van der Waals surface area contributed by atoms with E-state index in [1.54, 1.807) is 103 Å². The van der Waals surface area contributed by atoms with Crippen LogP contribution < -0.4 is 23.7 Å². The number of carbonyl (C=O) groups excluding carboxylic acids is 4. The molecule has 0 saturated carbocycles. The quantitative estimate of drug-likeness (QED) is 0.0838. The monoisotopic (exact) mass is 774 g/mol. The summed E-state index contributed by atoms with van der Waals surface area (Å²) >= 11 is 0. The molecule has 4 atom stereocenters. The van der Waals surface area contributed by atoms with Crippen molar-refractivity contribution in [2.45, 2.75) is 31.8 Å². The van der Waals surface area contributed by atoms with Crippen LogP contribution in [-0.2, 0) is 43.6 Å². The van der Waals surface area contributed by atoms with Crippen molar-refractivity contribution in [1.29, 1.82) is 0 Å². The van der Waals surface area contributed by atoms with Crippen LogP contribution in [0.15, 0.2) is 115 Å². The Morgan fingerprint density at radius 3 is 1.54 bits per heavy atom. The Balaban J connectivity index is 1.21. The smallest absolute Gasteiger partial charge is 0.465 e. The molecule has 5 aromatic carbocycles. The van der Waals surface area contributed by atoms with E-state index in [0.717, 1.165) is 0 Å². The maximum atomic E-state index is 13.5. The van der Waals surface area contributed by atoms with Crippen LogP contribution in [0.2, 0.25) is 0 Å². The van der Waals surface area contributed by atoms with Crippen LogP contribution in [-0.4, -0.2) is 42.9 Å². The van der Waals surface area contributed by atoms with E-state index in [1.807, 2.05) is 0 Å². The molecule has 1 fully saturated rings. The molecule has 3 aliphatic rings. The lowest BCUT2D eigenvalue weighted by molar-refractivity contribution is -0.141. The number of hydrogen-bond acceptors (Lipinski definition) is 14. The number of hydrogen-bond donors (Lipinski definition) is 1. The Bertz CT molecular complexity index is 2200. The molecule has 0 bridgehead atoms. The minimum atomic E-state index is -1.23. The lowest BCUT2D eigenvalue weighted by atomic mass is 9.66. The second-order valence-electron chi connectivity index (χ2n) is 13.3. The van der Waals surface area contributed by atoms with E-state index in [4.69, 9.17) is 42.6 Å². The normalized spacial score (nSPS) is 18.6. The van der Waals surface area contributed by atoms with E-state index in [0.29, 0.717) is 39.3 Å². The van der Waals surface area contributed by atoms with Gasteiger partial charge in [0, 0.05) is 11.8 Å². The molecule has 5 aromatic rings. The van der Waals surface area contributed by atoms with Gasteiger partial charge in [-0.05, 0) is 57.6 Å². The molecular formula is C43H34O14. The highest BCUT2D eigenvalue weighted by Crippen LogP contribution is 2.55. The lowest BCUT2D eigenvalue weighted by Gasteiger charge is -2.37. The fourth-order valence-electron chi connectivity index (χ4n) is 7.06. The van der Waals surface area contributed by atoms with Gasteiger partial charge in [0.05, 0.1) is 18.6 Å². The summed E-state index contributed by atoms with van der Waals surface area (Å²) in [7, 11) is 0. The topological polar surface area (TPSA) is 172 Å². The van der Waals surface area contributed by atoms with Gasteiger partial charge >= 0.3 is 24.4 Å². The minimum Gasteiger partial charge on any atom is -0.465 e. The molecule has 14 nitrogen and oxygen atoms in total. The number of fused-ring (bicyclic) bond motifs is 3. The van der Waals surface area contributed by atoms with Crippen LogP contribution in [0.3, 0.4) is 0 Å². The highest BCUT2D eigenvalue weighted by Gasteiger charge is 2.52. The zero-order valence-corrected chi connectivity index (χ0v) is 30.1. The highest BCUT2D eigenvalue weighted by molar-refractivity contribution is 5.80. The Morgan fingerprint density at radius 2 is 1.05 bits per heavy atom. The third-order valence-corrected chi connectivity index (χ3v) is 9.72. The maximum Gasteiger partial charge on any atom is 0.514 e. The average molecular weight is 775 g/mol. The summed E-state index contributed by atoms with van der Waals surface area (Å²) in [6.07, 6.45) is -4.74. The van der Waals surface area contributed by atoms with E-state index in [-0.39, 0.29) is 38.8 Å². The van der Waals surface area contributed by atoms with Gasteiger partial charge < -0.3 is 47.7 Å². The number of rotatable bonds is 10. The number of cyclic esters (lactones) is 1. The number of ether oxygens (including phenoxy) is 9. The van der Waals surface area contributed by atoms with Crippen LogP contribution in [0, 0.1) is 11.8 Å². The predicted octanol–water partition coefficient (Wildman–Crippen LogP) is 7.53. The minimum absolute atomic E-state index is 0.0491. The standard InChI is InChI=1S/C43H34O14/c44-38-30-19-33-32(53-24-54-33)18-29(30)36(37-31(38)23-49-40(37)45)28-16-34(55-41(46)50-20-25-10-4-1-5-11-25)39(57-43(48)52-22-27-14-8-3-9-15-27)35(17-28)56-42(47)51-21-26-12-6-2-7-13-26/h1-19,31,36-38,44H,20-24H2. The Labute approximate surface area is 325 Å². The summed E-state index contributed by atoms with van der Waals surface area (Å²) in [6, 6.07) is 32.5. The predicted molar refractivity (Wildman–Crippen MR) is 196 cm³/mol. The fraction of sp³-hybridized carbons (Fsp3) is 0.209. The van der Waals surface area contributed by atoms with Gasteiger partial charge in [-0.25, -0.2) is 14.4 Å². The van der Waals surface area contributed by atoms with Crippen molar-refractivity contribution in [2.75, 3.05) is 13.4 Å². The van der Waals surface area contributed by atoms with Crippen LogP contribution in [0.5, 0.6) is 28.7 Å². The molecule has 4 unspecified atom stereocenters. The number of aliphatic hydroxyl groups is 1. The first-order chi connectivity index (χ1) is 27.8. The lowest BCUT2D eigenvalue weighted by Crippen LogP contribution is -2.34.